The van der Waals surface area contributed by atoms with Gasteiger partial charge in [-0.05, 0) is 66.8 Å². The molecule has 2 aromatic heterocycles. The molecule has 0 saturated carbocycles. The number of carbonyl (C=O) groups is 3. The van der Waals surface area contributed by atoms with Crippen LogP contribution in [0.1, 0.15) is 69.0 Å². The van der Waals surface area contributed by atoms with Gasteiger partial charge in [0.25, 0.3) is 0 Å². The zero-order valence-electron chi connectivity index (χ0n) is 41.9. The summed E-state index contributed by atoms with van der Waals surface area (Å²) < 4.78 is 45.8. The van der Waals surface area contributed by atoms with Crippen LogP contribution in [-0.2, 0) is 33.2 Å². The molecule has 3 aliphatic carbocycles. The molecule has 0 N–H and O–H groups in total. The molecule has 5 aliphatic rings. The second kappa shape index (κ2) is 19.8. The lowest BCUT2D eigenvalue weighted by atomic mass is 9.96. The third-order valence-corrected chi connectivity index (χ3v) is 15.8. The molecule has 15 heteroatoms. The maximum Gasteiger partial charge on any atom is 0.508 e. The first-order valence-corrected chi connectivity index (χ1v) is 26.1. The number of fused-ring (bicyclic) bond motifs is 11. The number of carbonyl (C=O) groups excluding carboxylic acids is 3. The van der Waals surface area contributed by atoms with Gasteiger partial charge >= 0.3 is 18.3 Å². The Kier molecular flexibility index (Phi) is 12.1. The molecule has 15 nitrogen and oxygen atoms in total. The Labute approximate surface area is 447 Å². The van der Waals surface area contributed by atoms with E-state index < -0.39 is 49.0 Å². The van der Waals surface area contributed by atoms with Gasteiger partial charge in [0.05, 0.1) is 25.6 Å². The number of amides is 2. The quantitative estimate of drug-likeness (QED) is 0.0940. The number of imidazole rings is 1. The molecule has 78 heavy (non-hydrogen) atoms. The lowest BCUT2D eigenvalue weighted by molar-refractivity contribution is -0.306. The summed E-state index contributed by atoms with van der Waals surface area (Å²) in [6.45, 7) is -0.00964. The summed E-state index contributed by atoms with van der Waals surface area (Å²) in [4.78, 5) is 58.8. The van der Waals surface area contributed by atoms with Crippen molar-refractivity contribution in [2.75, 3.05) is 37.9 Å². The summed E-state index contributed by atoms with van der Waals surface area (Å²) in [7, 11) is 0. The second-order valence-electron chi connectivity index (χ2n) is 20.0. The van der Waals surface area contributed by atoms with Gasteiger partial charge < -0.3 is 37.7 Å². The van der Waals surface area contributed by atoms with Crippen LogP contribution >= 0.6 is 0 Å². The highest BCUT2D eigenvalue weighted by Crippen LogP contribution is 2.48. The van der Waals surface area contributed by atoms with Crippen LogP contribution in [0.5, 0.6) is 0 Å². The van der Waals surface area contributed by atoms with Gasteiger partial charge in [-0.15, -0.1) is 0 Å². The number of imide groups is 1. The number of hydrogen-bond donors (Lipinski definition) is 0. The van der Waals surface area contributed by atoms with Crippen molar-refractivity contribution >= 4 is 35.3 Å². The molecule has 386 valence electrons. The standard InChI is InChI=1S/C63H49N5O10/c69-61(74-30-50-44-24-10-4-18-38(44)39-19-5-11-25-45(39)50)68(62(70)75-31-51-46-26-12-6-20-40(46)41-21-7-13-27-47(41)51)59-55-58(64-35-65-59)67(36-66-55)53-33-72-54-34-73-60(37-16-2-1-3-17-37)77-57(54)56(53)78-63(71)76-32-52-48-28-14-8-22-42(48)43-23-9-15-29-49(43)52/h1-29,35-36,50-54,56-57,60H,30-34H2/t53-,54-,56+,57-,60-/m1/s1. The van der Waals surface area contributed by atoms with Crippen LogP contribution in [0.3, 0.4) is 0 Å². The maximum absolute atomic E-state index is 14.9. The van der Waals surface area contributed by atoms with Crippen LogP contribution in [0, 0.1) is 0 Å². The van der Waals surface area contributed by atoms with Crippen molar-refractivity contribution in [3.05, 3.63) is 228 Å². The Balaban J connectivity index is 0.792. The van der Waals surface area contributed by atoms with Crippen LogP contribution in [-0.4, -0.2) is 89.2 Å². The van der Waals surface area contributed by atoms with E-state index >= 15 is 0 Å². The Morgan fingerprint density at radius 3 is 1.45 bits per heavy atom. The van der Waals surface area contributed by atoms with Gasteiger partial charge in [-0.25, -0.2) is 29.3 Å². The molecule has 9 aromatic rings. The molecule has 2 saturated heterocycles. The fourth-order valence-corrected chi connectivity index (χ4v) is 12.2. The van der Waals surface area contributed by atoms with E-state index in [0.29, 0.717) is 0 Å². The zero-order valence-corrected chi connectivity index (χ0v) is 41.9. The zero-order chi connectivity index (χ0) is 52.3. The molecule has 14 rings (SSSR count). The molecule has 7 aromatic carbocycles. The van der Waals surface area contributed by atoms with E-state index in [1.54, 1.807) is 4.57 Å². The number of hydrogen-bond acceptors (Lipinski definition) is 13. The molecular formula is C63H49N5O10. The summed E-state index contributed by atoms with van der Waals surface area (Å²) in [5, 5.41) is 0. The predicted octanol–water partition coefficient (Wildman–Crippen LogP) is 11.9. The molecule has 5 atom stereocenters. The molecule has 0 spiro atoms. The second-order valence-corrected chi connectivity index (χ2v) is 20.0. The Morgan fingerprint density at radius 1 is 0.513 bits per heavy atom. The van der Waals surface area contributed by atoms with Crippen molar-refractivity contribution in [2.45, 2.75) is 48.4 Å². The van der Waals surface area contributed by atoms with E-state index in [1.165, 1.54) is 12.7 Å². The smallest absolute Gasteiger partial charge is 0.448 e. The first-order valence-electron chi connectivity index (χ1n) is 26.1. The van der Waals surface area contributed by atoms with E-state index in [1.807, 2.05) is 152 Å². The van der Waals surface area contributed by atoms with E-state index in [9.17, 15) is 14.4 Å². The average molecular weight is 1040 g/mol. The van der Waals surface area contributed by atoms with Gasteiger partial charge in [0, 0.05) is 23.3 Å². The van der Waals surface area contributed by atoms with Crippen molar-refractivity contribution in [3.8, 4) is 33.4 Å². The molecule has 4 heterocycles. The van der Waals surface area contributed by atoms with Gasteiger partial charge in [0.15, 0.2) is 29.4 Å². The van der Waals surface area contributed by atoms with Crippen LogP contribution in [0.2, 0.25) is 0 Å². The van der Waals surface area contributed by atoms with E-state index in [-0.39, 0.29) is 67.8 Å². The van der Waals surface area contributed by atoms with Crippen molar-refractivity contribution < 1.29 is 47.5 Å². The molecule has 0 bridgehead atoms. The van der Waals surface area contributed by atoms with Crippen molar-refractivity contribution in [1.82, 2.24) is 19.5 Å². The number of anilines is 1. The summed E-state index contributed by atoms with van der Waals surface area (Å²) in [6.07, 6.45) is -3.57. The lowest BCUT2D eigenvalue weighted by Gasteiger charge is -2.46. The SMILES string of the molecule is O=C(OCC1c2ccccc2-c2ccccc21)O[C@@H]1[C@@H]2O[C@H](c3ccccc3)OC[C@H]2OC[C@H]1n1cnc2c(N(C(=O)OCC3c4ccccc4-c4ccccc43)C(=O)OCC3c4ccccc4-c4ccccc43)ncnc21. The van der Waals surface area contributed by atoms with Crippen LogP contribution in [0.15, 0.2) is 189 Å². The minimum absolute atomic E-state index is 0.00151. The molecule has 2 amide bonds. The third kappa shape index (κ3) is 8.16. The molecule has 0 unspecified atom stereocenters. The highest BCUT2D eigenvalue weighted by Gasteiger charge is 2.50. The highest BCUT2D eigenvalue weighted by molar-refractivity contribution is 6.12. The van der Waals surface area contributed by atoms with Crippen LogP contribution < -0.4 is 4.90 Å². The van der Waals surface area contributed by atoms with E-state index in [2.05, 4.69) is 34.2 Å². The lowest BCUT2D eigenvalue weighted by Crippen LogP contribution is -2.57. The molecule has 0 radical (unpaired) electrons. The van der Waals surface area contributed by atoms with Crippen molar-refractivity contribution in [2.24, 2.45) is 0 Å². The molecule has 2 aliphatic heterocycles. The fraction of sp³-hybridized carbons (Fsp3) is 0.206. The number of rotatable bonds is 10. The summed E-state index contributed by atoms with van der Waals surface area (Å²) >= 11 is 0. The van der Waals surface area contributed by atoms with E-state index in [0.717, 1.165) is 77.2 Å². The Hall–Kier alpha value is -9.02. The largest absolute Gasteiger partial charge is 0.508 e. The average Bonchev–Trinajstić information content (AvgIpc) is 4.42. The first kappa shape index (κ1) is 47.4. The monoisotopic (exact) mass is 1040 g/mol. The maximum atomic E-state index is 14.9. The minimum atomic E-state index is -1.05. The summed E-state index contributed by atoms with van der Waals surface area (Å²) in [6, 6.07) is 56.9. The number of benzene rings is 7. The van der Waals surface area contributed by atoms with Crippen LogP contribution in [0.4, 0.5) is 20.2 Å². The number of ether oxygens (including phenoxy) is 7. The first-order chi connectivity index (χ1) is 38.5. The van der Waals surface area contributed by atoms with Gasteiger partial charge in [0.1, 0.15) is 38.4 Å². The summed E-state index contributed by atoms with van der Waals surface area (Å²) in [5.41, 5.74) is 13.5. The molecular weight excluding hydrogens is 987 g/mol. The summed E-state index contributed by atoms with van der Waals surface area (Å²) in [5.74, 6) is -1.02. The molecule has 2 fully saturated rings. The Morgan fingerprint density at radius 2 is 0.962 bits per heavy atom. The van der Waals surface area contributed by atoms with Gasteiger partial charge in [-0.3, -0.25) is 0 Å². The fourth-order valence-electron chi connectivity index (χ4n) is 12.2. The topological polar surface area (TPSA) is 163 Å². The third-order valence-electron chi connectivity index (χ3n) is 15.8. The van der Waals surface area contributed by atoms with Gasteiger partial charge in [-0.2, -0.15) is 4.90 Å². The van der Waals surface area contributed by atoms with E-state index in [4.69, 9.17) is 38.1 Å². The number of nitrogens with zero attached hydrogens (tertiary/aromatic N) is 5. The van der Waals surface area contributed by atoms with Gasteiger partial charge in [0.2, 0.25) is 0 Å². The Bertz CT molecular complexity index is 3550. The normalized spacial score (nSPS) is 19.8. The minimum Gasteiger partial charge on any atom is -0.448 e. The van der Waals surface area contributed by atoms with Gasteiger partial charge in [-0.1, -0.05) is 176 Å². The van der Waals surface area contributed by atoms with Crippen LogP contribution in [0.25, 0.3) is 44.5 Å². The predicted molar refractivity (Wildman–Crippen MR) is 287 cm³/mol. The van der Waals surface area contributed by atoms with Crippen molar-refractivity contribution in [3.63, 3.8) is 0 Å². The highest BCUT2D eigenvalue weighted by atomic mass is 16.8. The number of aromatic nitrogens is 4. The van der Waals surface area contributed by atoms with Crippen molar-refractivity contribution in [1.29, 1.82) is 0 Å².